The number of aromatic nitrogens is 4. The van der Waals surface area contributed by atoms with Crippen molar-refractivity contribution in [2.45, 2.75) is 25.6 Å². The summed E-state index contributed by atoms with van der Waals surface area (Å²) in [6.07, 6.45) is 6.25. The van der Waals surface area contributed by atoms with Crippen LogP contribution in [0.4, 0.5) is 20.0 Å². The summed E-state index contributed by atoms with van der Waals surface area (Å²) in [7, 11) is 0. The van der Waals surface area contributed by atoms with Crippen molar-refractivity contribution in [3.63, 3.8) is 0 Å². The number of hydrogen-bond acceptors (Lipinski definition) is 8. The van der Waals surface area contributed by atoms with E-state index in [4.69, 9.17) is 9.47 Å². The number of halogens is 1. The molecule has 1 fully saturated rings. The van der Waals surface area contributed by atoms with E-state index >= 15 is 0 Å². The number of carbonyl (C=O) groups is 1. The number of anilines is 2. The Hall–Kier alpha value is -3.18. The van der Waals surface area contributed by atoms with Crippen molar-refractivity contribution >= 4 is 28.2 Å². The molecule has 0 aliphatic carbocycles. The molecule has 29 heavy (non-hydrogen) atoms. The minimum Gasteiger partial charge on any atom is -0.472 e. The number of amides is 2. The molecule has 150 valence electrons. The fourth-order valence-electron chi connectivity index (χ4n) is 2.72. The molecular formula is C18H17FN6O3S. The molecule has 1 aromatic carbocycles. The smallest absolute Gasteiger partial charge is 0.325 e. The van der Waals surface area contributed by atoms with E-state index in [2.05, 4.69) is 30.8 Å². The van der Waals surface area contributed by atoms with Crippen molar-refractivity contribution in [1.82, 2.24) is 20.2 Å². The molecule has 2 aromatic heterocycles. The number of rotatable bonds is 6. The first kappa shape index (κ1) is 19.2. The Labute approximate surface area is 169 Å². The summed E-state index contributed by atoms with van der Waals surface area (Å²) >= 11 is 1.27. The molecule has 0 bridgehead atoms. The standard InChI is InChI=1S/C18H17FN6O3S/c19-13-4-3-12(8-11(13)10-28-15-9-20-5-6-21-15)22-17(26)23-18-25-24-16(29-18)14-2-1-7-27-14/h3-6,8-9,14H,1-2,7,10H2,(H2,22,23,25,26)/t14-/m0/s1. The molecule has 0 spiro atoms. The predicted molar refractivity (Wildman–Crippen MR) is 103 cm³/mol. The molecule has 1 aliphatic heterocycles. The highest BCUT2D eigenvalue weighted by Crippen LogP contribution is 2.31. The highest BCUT2D eigenvalue weighted by atomic mass is 32.1. The normalized spacial score (nSPS) is 15.8. The molecule has 1 saturated heterocycles. The number of hydrogen-bond donors (Lipinski definition) is 2. The summed E-state index contributed by atoms with van der Waals surface area (Å²) in [5, 5.41) is 14.4. The van der Waals surface area contributed by atoms with Crippen LogP contribution in [0.15, 0.2) is 36.8 Å². The van der Waals surface area contributed by atoms with E-state index in [1.54, 1.807) is 0 Å². The van der Waals surface area contributed by atoms with Crippen LogP contribution in [-0.2, 0) is 11.3 Å². The van der Waals surface area contributed by atoms with Crippen molar-refractivity contribution < 1.29 is 18.7 Å². The predicted octanol–water partition coefficient (Wildman–Crippen LogP) is 3.54. The van der Waals surface area contributed by atoms with E-state index in [1.807, 2.05) is 0 Å². The summed E-state index contributed by atoms with van der Waals surface area (Å²) in [6, 6.07) is 3.69. The Balaban J connectivity index is 1.35. The molecule has 0 unspecified atom stereocenters. The molecular weight excluding hydrogens is 399 g/mol. The van der Waals surface area contributed by atoms with Gasteiger partial charge in [0, 0.05) is 30.3 Å². The van der Waals surface area contributed by atoms with Crippen molar-refractivity contribution in [2.24, 2.45) is 0 Å². The van der Waals surface area contributed by atoms with Crippen LogP contribution in [0.25, 0.3) is 0 Å². The Morgan fingerprint density at radius 2 is 2.24 bits per heavy atom. The number of nitrogens with one attached hydrogen (secondary N) is 2. The van der Waals surface area contributed by atoms with Gasteiger partial charge in [-0.15, -0.1) is 10.2 Å². The van der Waals surface area contributed by atoms with E-state index in [-0.39, 0.29) is 24.2 Å². The second kappa shape index (κ2) is 8.88. The van der Waals surface area contributed by atoms with Crippen molar-refractivity contribution in [3.05, 3.63) is 53.2 Å². The van der Waals surface area contributed by atoms with Crippen LogP contribution in [0.3, 0.4) is 0 Å². The SMILES string of the molecule is O=C(Nc1ccc(F)c(COc2cnccn2)c1)Nc1nnc([C@@H]2CCCO2)s1. The van der Waals surface area contributed by atoms with Gasteiger partial charge in [0.25, 0.3) is 0 Å². The van der Waals surface area contributed by atoms with Gasteiger partial charge in [-0.1, -0.05) is 11.3 Å². The minimum absolute atomic E-state index is 0.0528. The molecule has 2 amide bonds. The third-order valence-corrected chi connectivity index (χ3v) is 5.02. The van der Waals surface area contributed by atoms with Gasteiger partial charge in [0.05, 0.1) is 6.20 Å². The molecule has 4 rings (SSSR count). The number of benzene rings is 1. The van der Waals surface area contributed by atoms with Crippen LogP contribution in [0, 0.1) is 5.82 Å². The van der Waals surface area contributed by atoms with Crippen LogP contribution in [0.1, 0.15) is 29.5 Å². The number of urea groups is 1. The van der Waals surface area contributed by atoms with E-state index < -0.39 is 11.8 Å². The lowest BCUT2D eigenvalue weighted by molar-refractivity contribution is 0.111. The fraction of sp³-hybridized carbons (Fsp3) is 0.278. The summed E-state index contributed by atoms with van der Waals surface area (Å²) in [5.74, 6) is -0.175. The third kappa shape index (κ3) is 5.00. The summed E-state index contributed by atoms with van der Waals surface area (Å²) in [5.41, 5.74) is 0.676. The van der Waals surface area contributed by atoms with E-state index in [1.165, 1.54) is 48.1 Å². The van der Waals surface area contributed by atoms with E-state index in [0.717, 1.165) is 17.8 Å². The van der Waals surface area contributed by atoms with Crippen LogP contribution < -0.4 is 15.4 Å². The molecule has 11 heteroatoms. The summed E-state index contributed by atoms with van der Waals surface area (Å²) in [4.78, 5) is 20.1. The minimum atomic E-state index is -0.507. The zero-order chi connectivity index (χ0) is 20.1. The van der Waals surface area contributed by atoms with Gasteiger partial charge in [0.15, 0.2) is 0 Å². The molecule has 1 aliphatic rings. The highest BCUT2D eigenvalue weighted by molar-refractivity contribution is 7.15. The lowest BCUT2D eigenvalue weighted by Crippen LogP contribution is -2.19. The maximum atomic E-state index is 14.0. The Morgan fingerprint density at radius 3 is 3.03 bits per heavy atom. The van der Waals surface area contributed by atoms with Gasteiger partial charge in [-0.05, 0) is 31.0 Å². The van der Waals surface area contributed by atoms with Crippen molar-refractivity contribution in [3.8, 4) is 5.88 Å². The van der Waals surface area contributed by atoms with Gasteiger partial charge < -0.3 is 14.8 Å². The summed E-state index contributed by atoms with van der Waals surface area (Å²) in [6.45, 7) is 0.657. The van der Waals surface area contributed by atoms with Gasteiger partial charge in [-0.25, -0.2) is 14.2 Å². The molecule has 3 heterocycles. The second-order valence-corrected chi connectivity index (χ2v) is 7.17. The van der Waals surface area contributed by atoms with Gasteiger partial charge in [-0.2, -0.15) is 0 Å². The molecule has 3 aromatic rings. The first-order valence-corrected chi connectivity index (χ1v) is 9.69. The largest absolute Gasteiger partial charge is 0.472 e. The molecule has 1 atom stereocenters. The van der Waals surface area contributed by atoms with Crippen LogP contribution >= 0.6 is 11.3 Å². The van der Waals surface area contributed by atoms with Crippen molar-refractivity contribution in [1.29, 1.82) is 0 Å². The van der Waals surface area contributed by atoms with Gasteiger partial charge in [-0.3, -0.25) is 10.3 Å². The molecule has 0 saturated carbocycles. The Morgan fingerprint density at radius 1 is 1.31 bits per heavy atom. The summed E-state index contributed by atoms with van der Waals surface area (Å²) < 4.78 is 25.0. The lowest BCUT2D eigenvalue weighted by Gasteiger charge is -2.09. The maximum absolute atomic E-state index is 14.0. The second-order valence-electron chi connectivity index (χ2n) is 6.16. The number of carbonyl (C=O) groups excluding carboxylic acids is 1. The zero-order valence-corrected chi connectivity index (χ0v) is 16.0. The number of ether oxygens (including phenoxy) is 2. The average Bonchev–Trinajstić information content (AvgIpc) is 3.41. The van der Waals surface area contributed by atoms with E-state index in [0.29, 0.717) is 17.4 Å². The quantitative estimate of drug-likeness (QED) is 0.632. The third-order valence-electron chi connectivity index (χ3n) is 4.08. The van der Waals surface area contributed by atoms with Gasteiger partial charge in [0.2, 0.25) is 11.0 Å². The zero-order valence-electron chi connectivity index (χ0n) is 15.2. The first-order chi connectivity index (χ1) is 14.2. The van der Waals surface area contributed by atoms with Crippen molar-refractivity contribution in [2.75, 3.05) is 17.2 Å². The Bertz CT molecular complexity index is 981. The van der Waals surface area contributed by atoms with Crippen LogP contribution in [-0.4, -0.2) is 32.8 Å². The Kier molecular flexibility index (Phi) is 5.86. The molecule has 0 radical (unpaired) electrons. The number of nitrogens with zero attached hydrogens (tertiary/aromatic N) is 4. The van der Waals surface area contributed by atoms with E-state index in [9.17, 15) is 9.18 Å². The topological polar surface area (TPSA) is 111 Å². The first-order valence-electron chi connectivity index (χ1n) is 8.87. The molecule has 2 N–H and O–H groups in total. The highest BCUT2D eigenvalue weighted by Gasteiger charge is 2.22. The average molecular weight is 416 g/mol. The fourth-order valence-corrected chi connectivity index (χ4v) is 3.54. The molecule has 9 nitrogen and oxygen atoms in total. The maximum Gasteiger partial charge on any atom is 0.325 e. The lowest BCUT2D eigenvalue weighted by atomic mass is 10.2. The van der Waals surface area contributed by atoms with Gasteiger partial charge >= 0.3 is 6.03 Å². The monoisotopic (exact) mass is 416 g/mol. The van der Waals surface area contributed by atoms with Crippen LogP contribution in [0.5, 0.6) is 5.88 Å². The van der Waals surface area contributed by atoms with Crippen LogP contribution in [0.2, 0.25) is 0 Å². The van der Waals surface area contributed by atoms with Gasteiger partial charge in [0.1, 0.15) is 23.5 Å².